The minimum Gasteiger partial charge on any atom is -0.395 e. The summed E-state index contributed by atoms with van der Waals surface area (Å²) in [7, 11) is 0. The zero-order chi connectivity index (χ0) is 12.1. The van der Waals surface area contributed by atoms with Crippen molar-refractivity contribution in [3.63, 3.8) is 0 Å². The molecule has 0 aliphatic heterocycles. The molecule has 3 nitrogen and oxygen atoms in total. The third-order valence-electron chi connectivity index (χ3n) is 2.32. The number of rotatable bonds is 4. The van der Waals surface area contributed by atoms with E-state index < -0.39 is 0 Å². The molecule has 1 aromatic carbocycles. The van der Waals surface area contributed by atoms with Crippen LogP contribution < -0.4 is 0 Å². The molecule has 0 aliphatic carbocycles. The number of benzene rings is 1. The normalized spacial score (nSPS) is 10.6. The molecule has 0 bridgehead atoms. The molecule has 1 N–H and O–H groups in total. The van der Waals surface area contributed by atoms with Gasteiger partial charge < -0.3 is 10.0 Å². The average molecular weight is 242 g/mol. The lowest BCUT2D eigenvalue weighted by Gasteiger charge is -2.26. The summed E-state index contributed by atoms with van der Waals surface area (Å²) in [5.41, 5.74) is 0.589. The van der Waals surface area contributed by atoms with Gasteiger partial charge in [0.1, 0.15) is 0 Å². The van der Waals surface area contributed by atoms with Crippen LogP contribution in [0.15, 0.2) is 24.3 Å². The second-order valence-electron chi connectivity index (χ2n) is 3.82. The van der Waals surface area contributed by atoms with Gasteiger partial charge in [0.05, 0.1) is 6.61 Å². The van der Waals surface area contributed by atoms with E-state index in [-0.39, 0.29) is 18.6 Å². The first-order valence-electron chi connectivity index (χ1n) is 5.23. The second kappa shape index (κ2) is 5.87. The average Bonchev–Trinajstić information content (AvgIpc) is 2.25. The van der Waals surface area contributed by atoms with Crippen molar-refractivity contribution >= 4 is 17.5 Å². The number of carbonyl (C=O) groups excluding carboxylic acids is 1. The Morgan fingerprint density at radius 3 is 2.38 bits per heavy atom. The Hall–Kier alpha value is -1.06. The molecule has 0 atom stereocenters. The van der Waals surface area contributed by atoms with Crippen LogP contribution in [0.25, 0.3) is 0 Å². The number of halogens is 1. The summed E-state index contributed by atoms with van der Waals surface area (Å²) in [6, 6.07) is 6.82. The van der Waals surface area contributed by atoms with Crippen LogP contribution in [-0.2, 0) is 0 Å². The number of nitrogens with zero attached hydrogens (tertiary/aromatic N) is 1. The first-order valence-corrected chi connectivity index (χ1v) is 5.61. The standard InChI is InChI=1S/C12H16ClNO2/c1-9(2)14(7-8-15)12(16)10-3-5-11(13)6-4-10/h3-6,9,15H,7-8H2,1-2H3. The fourth-order valence-electron chi connectivity index (χ4n) is 1.46. The number of amides is 1. The van der Waals surface area contributed by atoms with Gasteiger partial charge in [0, 0.05) is 23.2 Å². The molecule has 1 amide bonds. The topological polar surface area (TPSA) is 40.5 Å². The van der Waals surface area contributed by atoms with E-state index in [0.29, 0.717) is 17.1 Å². The highest BCUT2D eigenvalue weighted by Crippen LogP contribution is 2.12. The second-order valence-corrected chi connectivity index (χ2v) is 4.26. The van der Waals surface area contributed by atoms with Crippen LogP contribution in [0.5, 0.6) is 0 Å². The molecule has 0 aromatic heterocycles. The zero-order valence-corrected chi connectivity index (χ0v) is 10.2. The molecule has 0 unspecified atom stereocenters. The molecule has 4 heteroatoms. The molecule has 1 aromatic rings. The summed E-state index contributed by atoms with van der Waals surface area (Å²) < 4.78 is 0. The molecule has 88 valence electrons. The van der Waals surface area contributed by atoms with E-state index in [1.807, 2.05) is 13.8 Å². The zero-order valence-electron chi connectivity index (χ0n) is 9.48. The van der Waals surface area contributed by atoms with E-state index in [2.05, 4.69) is 0 Å². The van der Waals surface area contributed by atoms with Crippen molar-refractivity contribution in [1.29, 1.82) is 0 Å². The van der Waals surface area contributed by atoms with Gasteiger partial charge in [-0.3, -0.25) is 4.79 Å². The lowest BCUT2D eigenvalue weighted by molar-refractivity contribution is 0.0665. The van der Waals surface area contributed by atoms with E-state index in [1.165, 1.54) is 0 Å². The predicted octanol–water partition coefficient (Wildman–Crippen LogP) is 2.18. The van der Waals surface area contributed by atoms with Gasteiger partial charge in [-0.05, 0) is 38.1 Å². The van der Waals surface area contributed by atoms with Crippen molar-refractivity contribution in [3.05, 3.63) is 34.9 Å². The van der Waals surface area contributed by atoms with E-state index in [1.54, 1.807) is 29.2 Å². The number of hydrogen-bond acceptors (Lipinski definition) is 2. The van der Waals surface area contributed by atoms with Crippen molar-refractivity contribution in [1.82, 2.24) is 4.90 Å². The van der Waals surface area contributed by atoms with E-state index in [0.717, 1.165) is 0 Å². The van der Waals surface area contributed by atoms with Gasteiger partial charge in [0.25, 0.3) is 5.91 Å². The van der Waals surface area contributed by atoms with Crippen LogP contribution in [0.3, 0.4) is 0 Å². The minimum absolute atomic E-state index is 0.0302. The van der Waals surface area contributed by atoms with Gasteiger partial charge in [-0.1, -0.05) is 11.6 Å². The minimum atomic E-state index is -0.0827. The van der Waals surface area contributed by atoms with Gasteiger partial charge in [0.15, 0.2) is 0 Å². The third-order valence-corrected chi connectivity index (χ3v) is 2.57. The Morgan fingerprint density at radius 1 is 1.38 bits per heavy atom. The van der Waals surface area contributed by atoms with Crippen LogP contribution in [0.4, 0.5) is 0 Å². The van der Waals surface area contributed by atoms with Crippen LogP contribution >= 0.6 is 11.6 Å². The molecule has 0 radical (unpaired) electrons. The van der Waals surface area contributed by atoms with Crippen molar-refractivity contribution in [2.45, 2.75) is 19.9 Å². The van der Waals surface area contributed by atoms with Gasteiger partial charge >= 0.3 is 0 Å². The summed E-state index contributed by atoms with van der Waals surface area (Å²) in [4.78, 5) is 13.7. The van der Waals surface area contributed by atoms with Crippen molar-refractivity contribution in [3.8, 4) is 0 Å². The lowest BCUT2D eigenvalue weighted by Crippen LogP contribution is -2.38. The van der Waals surface area contributed by atoms with Crippen molar-refractivity contribution in [2.24, 2.45) is 0 Å². The maximum Gasteiger partial charge on any atom is 0.254 e. The monoisotopic (exact) mass is 241 g/mol. The van der Waals surface area contributed by atoms with Gasteiger partial charge in [-0.2, -0.15) is 0 Å². The smallest absolute Gasteiger partial charge is 0.254 e. The summed E-state index contributed by atoms with van der Waals surface area (Å²) in [5, 5.41) is 9.52. The first-order chi connectivity index (χ1) is 7.56. The highest BCUT2D eigenvalue weighted by molar-refractivity contribution is 6.30. The highest BCUT2D eigenvalue weighted by atomic mass is 35.5. The van der Waals surface area contributed by atoms with Gasteiger partial charge in [0.2, 0.25) is 0 Å². The lowest BCUT2D eigenvalue weighted by atomic mass is 10.1. The van der Waals surface area contributed by atoms with Gasteiger partial charge in [-0.25, -0.2) is 0 Å². The Bertz CT molecular complexity index is 349. The largest absolute Gasteiger partial charge is 0.395 e. The third kappa shape index (κ3) is 3.22. The molecule has 0 aliphatic rings. The van der Waals surface area contributed by atoms with E-state index in [9.17, 15) is 4.79 Å². The fourth-order valence-corrected chi connectivity index (χ4v) is 1.59. The van der Waals surface area contributed by atoms with Crippen molar-refractivity contribution in [2.75, 3.05) is 13.2 Å². The first kappa shape index (κ1) is 13.0. The van der Waals surface area contributed by atoms with E-state index >= 15 is 0 Å². The van der Waals surface area contributed by atoms with Crippen LogP contribution in [0, 0.1) is 0 Å². The number of hydrogen-bond donors (Lipinski definition) is 1. The fraction of sp³-hybridized carbons (Fsp3) is 0.417. The summed E-state index contributed by atoms with van der Waals surface area (Å²) in [6.45, 7) is 4.16. The molecule has 0 fully saturated rings. The number of aliphatic hydroxyl groups excluding tert-OH is 1. The molecular formula is C12H16ClNO2. The molecule has 1 rings (SSSR count). The molecule has 0 heterocycles. The maximum absolute atomic E-state index is 12.1. The Morgan fingerprint density at radius 2 is 1.94 bits per heavy atom. The van der Waals surface area contributed by atoms with Crippen molar-refractivity contribution < 1.29 is 9.90 Å². The Labute approximate surface area is 101 Å². The molecule has 16 heavy (non-hydrogen) atoms. The molecule has 0 spiro atoms. The maximum atomic E-state index is 12.1. The predicted molar refractivity (Wildman–Crippen MR) is 64.7 cm³/mol. The number of aliphatic hydroxyl groups is 1. The summed E-state index contributed by atoms with van der Waals surface area (Å²) in [5.74, 6) is -0.0827. The Balaban J connectivity index is 2.86. The molecule has 0 saturated heterocycles. The van der Waals surface area contributed by atoms with Gasteiger partial charge in [-0.15, -0.1) is 0 Å². The summed E-state index contributed by atoms with van der Waals surface area (Å²) >= 11 is 5.75. The quantitative estimate of drug-likeness (QED) is 0.878. The Kier molecular flexibility index (Phi) is 4.77. The van der Waals surface area contributed by atoms with Crippen LogP contribution in [-0.4, -0.2) is 35.1 Å². The number of carbonyl (C=O) groups is 1. The van der Waals surface area contributed by atoms with Crippen LogP contribution in [0.1, 0.15) is 24.2 Å². The van der Waals surface area contributed by atoms with E-state index in [4.69, 9.17) is 16.7 Å². The summed E-state index contributed by atoms with van der Waals surface area (Å²) in [6.07, 6.45) is 0. The SMILES string of the molecule is CC(C)N(CCO)C(=O)c1ccc(Cl)cc1. The molecule has 0 saturated carbocycles. The molecular weight excluding hydrogens is 226 g/mol. The highest BCUT2D eigenvalue weighted by Gasteiger charge is 2.17. The van der Waals surface area contributed by atoms with Crippen LogP contribution in [0.2, 0.25) is 5.02 Å².